The number of halogens is 3. The highest BCUT2D eigenvalue weighted by Crippen LogP contribution is 2.28. The molecule has 0 atom stereocenters. The van der Waals surface area contributed by atoms with E-state index in [9.17, 15) is 4.79 Å². The van der Waals surface area contributed by atoms with Gasteiger partial charge in [0.25, 0.3) is 9.70 Å². The minimum absolute atomic E-state index is 0.489. The third-order valence-corrected chi connectivity index (χ3v) is 4.50. The lowest BCUT2D eigenvalue weighted by molar-refractivity contribution is -0.115. The highest BCUT2D eigenvalue weighted by molar-refractivity contribution is 6.76. The molecule has 2 heterocycles. The van der Waals surface area contributed by atoms with Gasteiger partial charge in [-0.25, -0.2) is 4.98 Å². The number of piperazine rings is 1. The summed E-state index contributed by atoms with van der Waals surface area (Å²) >= 11 is 16.6. The number of para-hydroxylation sites is 1. The number of carbonyl (C=O) groups is 1. The van der Waals surface area contributed by atoms with Crippen molar-refractivity contribution < 1.29 is 4.79 Å². The molecule has 0 bridgehead atoms. The average Bonchev–Trinajstić information content (AvgIpc) is 2.62. The molecule has 1 aliphatic rings. The van der Waals surface area contributed by atoms with Crippen LogP contribution in [0.1, 0.15) is 0 Å². The molecule has 0 unspecified atom stereocenters. The standard InChI is InChI=1S/C17H17Cl3N4O/c18-17(19,20)16(25)22-13-6-7-15(21-12-13)24-10-8-23(9-11-24)14-4-2-1-3-5-14/h1-7,12H,8-11H2,(H,22,25). The van der Waals surface area contributed by atoms with Gasteiger partial charge in [0, 0.05) is 31.9 Å². The highest BCUT2D eigenvalue weighted by Gasteiger charge is 2.30. The van der Waals surface area contributed by atoms with Crippen LogP contribution in [0.2, 0.25) is 0 Å². The Bertz CT molecular complexity index is 711. The monoisotopic (exact) mass is 398 g/mol. The summed E-state index contributed by atoms with van der Waals surface area (Å²) < 4.78 is -1.99. The summed E-state index contributed by atoms with van der Waals surface area (Å²) in [6.07, 6.45) is 1.56. The summed E-state index contributed by atoms with van der Waals surface area (Å²) in [5.41, 5.74) is 1.72. The third kappa shape index (κ3) is 4.69. The molecule has 25 heavy (non-hydrogen) atoms. The molecule has 1 aromatic carbocycles. The maximum atomic E-state index is 11.6. The molecule has 0 spiro atoms. The van der Waals surface area contributed by atoms with Crippen LogP contribution in [0.15, 0.2) is 48.7 Å². The lowest BCUT2D eigenvalue weighted by Crippen LogP contribution is -2.46. The quantitative estimate of drug-likeness (QED) is 0.799. The fourth-order valence-electron chi connectivity index (χ4n) is 2.68. The number of nitrogens with zero attached hydrogens (tertiary/aromatic N) is 3. The molecule has 0 radical (unpaired) electrons. The fraction of sp³-hybridized carbons (Fsp3) is 0.294. The maximum absolute atomic E-state index is 11.6. The van der Waals surface area contributed by atoms with Crippen molar-refractivity contribution >= 4 is 57.9 Å². The van der Waals surface area contributed by atoms with Crippen LogP contribution in [0.3, 0.4) is 0 Å². The van der Waals surface area contributed by atoms with Gasteiger partial charge in [-0.2, -0.15) is 0 Å². The molecule has 1 fully saturated rings. The minimum Gasteiger partial charge on any atom is -0.368 e. The Morgan fingerprint density at radius 1 is 0.960 bits per heavy atom. The van der Waals surface area contributed by atoms with E-state index in [2.05, 4.69) is 32.2 Å². The van der Waals surface area contributed by atoms with Gasteiger partial charge in [-0.3, -0.25) is 4.79 Å². The van der Waals surface area contributed by atoms with Crippen LogP contribution in [-0.4, -0.2) is 40.9 Å². The first kappa shape index (κ1) is 18.1. The van der Waals surface area contributed by atoms with E-state index in [1.807, 2.05) is 24.3 Å². The second kappa shape index (κ2) is 7.68. The number of anilines is 3. The number of pyridine rings is 1. The lowest BCUT2D eigenvalue weighted by atomic mass is 10.2. The SMILES string of the molecule is O=C(Nc1ccc(N2CCN(c3ccccc3)CC2)nc1)C(Cl)(Cl)Cl. The van der Waals surface area contributed by atoms with Gasteiger partial charge in [-0.15, -0.1) is 0 Å². The predicted octanol–water partition coefficient (Wildman–Crippen LogP) is 3.72. The Morgan fingerprint density at radius 3 is 2.16 bits per heavy atom. The Balaban J connectivity index is 1.58. The molecule has 2 aromatic rings. The summed E-state index contributed by atoms with van der Waals surface area (Å²) in [5, 5.41) is 2.52. The second-order valence-electron chi connectivity index (χ2n) is 5.67. The van der Waals surface area contributed by atoms with Crippen molar-refractivity contribution in [1.29, 1.82) is 0 Å². The minimum atomic E-state index is -1.99. The van der Waals surface area contributed by atoms with E-state index >= 15 is 0 Å². The Morgan fingerprint density at radius 2 is 1.60 bits per heavy atom. The van der Waals surface area contributed by atoms with E-state index in [1.165, 1.54) is 5.69 Å². The molecule has 0 saturated carbocycles. The van der Waals surface area contributed by atoms with Crippen molar-refractivity contribution in [3.63, 3.8) is 0 Å². The first-order valence-electron chi connectivity index (χ1n) is 7.83. The molecular weight excluding hydrogens is 383 g/mol. The van der Waals surface area contributed by atoms with Crippen LogP contribution in [0, 0.1) is 0 Å². The van der Waals surface area contributed by atoms with Gasteiger partial charge in [-0.1, -0.05) is 53.0 Å². The van der Waals surface area contributed by atoms with E-state index in [1.54, 1.807) is 12.3 Å². The Kier molecular flexibility index (Phi) is 5.57. The van der Waals surface area contributed by atoms with Crippen LogP contribution in [-0.2, 0) is 4.79 Å². The predicted molar refractivity (Wildman–Crippen MR) is 104 cm³/mol. The lowest BCUT2D eigenvalue weighted by Gasteiger charge is -2.36. The molecule has 1 amide bonds. The van der Waals surface area contributed by atoms with Gasteiger partial charge in [0.05, 0.1) is 11.9 Å². The summed E-state index contributed by atoms with van der Waals surface area (Å²) in [6, 6.07) is 14.0. The highest BCUT2D eigenvalue weighted by atomic mass is 35.6. The molecule has 1 aromatic heterocycles. The van der Waals surface area contributed by atoms with E-state index < -0.39 is 9.70 Å². The zero-order chi connectivity index (χ0) is 17.9. The molecule has 1 saturated heterocycles. The number of hydrogen-bond acceptors (Lipinski definition) is 4. The van der Waals surface area contributed by atoms with Gasteiger partial charge in [0.2, 0.25) is 0 Å². The number of aromatic nitrogens is 1. The van der Waals surface area contributed by atoms with Crippen LogP contribution < -0.4 is 15.1 Å². The number of benzene rings is 1. The molecular formula is C17H17Cl3N4O. The summed E-state index contributed by atoms with van der Waals surface area (Å²) in [6.45, 7) is 3.61. The average molecular weight is 400 g/mol. The van der Waals surface area contributed by atoms with E-state index in [0.29, 0.717) is 5.69 Å². The number of carbonyl (C=O) groups excluding carboxylic acids is 1. The number of nitrogens with one attached hydrogen (secondary N) is 1. The first-order chi connectivity index (χ1) is 11.9. The second-order valence-corrected chi connectivity index (χ2v) is 7.95. The van der Waals surface area contributed by atoms with Gasteiger partial charge in [-0.05, 0) is 24.3 Å². The number of hydrogen-bond donors (Lipinski definition) is 1. The summed E-state index contributed by atoms with van der Waals surface area (Å²) in [7, 11) is 0. The van der Waals surface area contributed by atoms with Crippen molar-refractivity contribution in [1.82, 2.24) is 4.98 Å². The van der Waals surface area contributed by atoms with Gasteiger partial charge < -0.3 is 15.1 Å². The Hall–Kier alpha value is -1.69. The van der Waals surface area contributed by atoms with Crippen LogP contribution in [0.4, 0.5) is 17.2 Å². The van der Waals surface area contributed by atoms with Crippen molar-refractivity contribution in [3.05, 3.63) is 48.7 Å². The molecule has 132 valence electrons. The van der Waals surface area contributed by atoms with Gasteiger partial charge in [0.15, 0.2) is 0 Å². The summed E-state index contributed by atoms with van der Waals surface area (Å²) in [4.78, 5) is 20.6. The number of alkyl halides is 3. The fourth-order valence-corrected chi connectivity index (χ4v) is 2.82. The summed E-state index contributed by atoms with van der Waals surface area (Å²) in [5.74, 6) is 0.156. The van der Waals surface area contributed by atoms with Crippen LogP contribution in [0.5, 0.6) is 0 Å². The number of amides is 1. The molecule has 5 nitrogen and oxygen atoms in total. The van der Waals surface area contributed by atoms with Crippen LogP contribution >= 0.6 is 34.8 Å². The molecule has 3 rings (SSSR count). The zero-order valence-electron chi connectivity index (χ0n) is 13.3. The van der Waals surface area contributed by atoms with Crippen molar-refractivity contribution in [3.8, 4) is 0 Å². The van der Waals surface area contributed by atoms with Crippen LogP contribution in [0.25, 0.3) is 0 Å². The normalized spacial score (nSPS) is 15.2. The zero-order valence-corrected chi connectivity index (χ0v) is 15.6. The smallest absolute Gasteiger partial charge is 0.276 e. The largest absolute Gasteiger partial charge is 0.368 e. The van der Waals surface area contributed by atoms with Gasteiger partial charge in [0.1, 0.15) is 5.82 Å². The third-order valence-electron chi connectivity index (χ3n) is 3.99. The Labute approximate surface area is 161 Å². The first-order valence-corrected chi connectivity index (χ1v) is 8.96. The van der Waals surface area contributed by atoms with Gasteiger partial charge >= 0.3 is 0 Å². The molecule has 8 heteroatoms. The number of rotatable bonds is 3. The molecule has 1 N–H and O–H groups in total. The topological polar surface area (TPSA) is 48.5 Å². The molecule has 0 aliphatic carbocycles. The van der Waals surface area contributed by atoms with E-state index in [-0.39, 0.29) is 0 Å². The van der Waals surface area contributed by atoms with Crippen molar-refractivity contribution in [2.24, 2.45) is 0 Å². The van der Waals surface area contributed by atoms with E-state index in [0.717, 1.165) is 32.0 Å². The van der Waals surface area contributed by atoms with E-state index in [4.69, 9.17) is 34.8 Å². The molecule has 1 aliphatic heterocycles. The maximum Gasteiger partial charge on any atom is 0.276 e. The van der Waals surface area contributed by atoms with Crippen molar-refractivity contribution in [2.75, 3.05) is 41.3 Å². The van der Waals surface area contributed by atoms with Crippen molar-refractivity contribution in [2.45, 2.75) is 3.79 Å².